The second-order valence-corrected chi connectivity index (χ2v) is 7.05. The quantitative estimate of drug-likeness (QED) is 0.803. The van der Waals surface area contributed by atoms with Crippen LogP contribution in [0.25, 0.3) is 0 Å². The normalized spacial score (nSPS) is 18.0. The molecular formula is C16H15F3N2O2S. The smallest absolute Gasteiger partial charge is 0.361 e. The van der Waals surface area contributed by atoms with Crippen molar-refractivity contribution in [2.45, 2.75) is 43.6 Å². The van der Waals surface area contributed by atoms with E-state index >= 15 is 0 Å². The Labute approximate surface area is 141 Å². The maximum absolute atomic E-state index is 13.0. The van der Waals surface area contributed by atoms with Crippen LogP contribution in [0, 0.1) is 13.8 Å². The molecule has 1 unspecified atom stereocenters. The average molecular weight is 356 g/mol. The van der Waals surface area contributed by atoms with E-state index in [1.807, 2.05) is 0 Å². The van der Waals surface area contributed by atoms with Gasteiger partial charge < -0.3 is 9.42 Å². The summed E-state index contributed by atoms with van der Waals surface area (Å²) in [5.41, 5.74) is 0.844. The van der Waals surface area contributed by atoms with E-state index in [1.54, 1.807) is 20.8 Å². The van der Waals surface area contributed by atoms with Crippen molar-refractivity contribution in [3.8, 4) is 0 Å². The lowest BCUT2D eigenvalue weighted by Gasteiger charge is -2.32. The zero-order chi connectivity index (χ0) is 17.6. The molecule has 1 aliphatic heterocycles. The van der Waals surface area contributed by atoms with Crippen molar-refractivity contribution in [1.82, 2.24) is 5.16 Å². The Hall–Kier alpha value is -1.96. The highest BCUT2D eigenvalue weighted by Gasteiger charge is 2.36. The summed E-state index contributed by atoms with van der Waals surface area (Å²) in [7, 11) is 0. The molecule has 4 nitrogen and oxygen atoms in total. The van der Waals surface area contributed by atoms with E-state index in [9.17, 15) is 18.0 Å². The second-order valence-electron chi connectivity index (χ2n) is 5.67. The summed E-state index contributed by atoms with van der Waals surface area (Å²) in [5, 5.41) is 3.47. The first-order valence-corrected chi connectivity index (χ1v) is 8.17. The second kappa shape index (κ2) is 5.84. The minimum atomic E-state index is -4.46. The SMILES string of the molecule is Cc1noc(C)c1CN1C(=O)C(C)Sc2ccc(C(F)(F)F)cc21. The number of amides is 1. The maximum atomic E-state index is 13.0. The van der Waals surface area contributed by atoms with E-state index in [0.29, 0.717) is 21.9 Å². The first-order chi connectivity index (χ1) is 11.2. The van der Waals surface area contributed by atoms with Crippen LogP contribution in [-0.2, 0) is 17.5 Å². The molecule has 0 fully saturated rings. The van der Waals surface area contributed by atoms with Gasteiger partial charge in [0.2, 0.25) is 5.91 Å². The molecular weight excluding hydrogens is 341 g/mol. The van der Waals surface area contributed by atoms with Gasteiger partial charge in [-0.05, 0) is 39.0 Å². The molecule has 2 aromatic rings. The van der Waals surface area contributed by atoms with Crippen molar-refractivity contribution in [2.75, 3.05) is 4.90 Å². The molecule has 1 aliphatic rings. The van der Waals surface area contributed by atoms with Crippen LogP contribution >= 0.6 is 11.8 Å². The molecule has 0 radical (unpaired) electrons. The van der Waals surface area contributed by atoms with E-state index in [-0.39, 0.29) is 23.4 Å². The number of hydrogen-bond donors (Lipinski definition) is 0. The van der Waals surface area contributed by atoms with Crippen LogP contribution in [-0.4, -0.2) is 16.3 Å². The van der Waals surface area contributed by atoms with Crippen LogP contribution in [0.5, 0.6) is 0 Å². The Morgan fingerprint density at radius 3 is 2.62 bits per heavy atom. The number of nitrogens with zero attached hydrogens (tertiary/aromatic N) is 2. The summed E-state index contributed by atoms with van der Waals surface area (Å²) < 4.78 is 44.2. The Bertz CT molecular complexity index is 782. The van der Waals surface area contributed by atoms with E-state index < -0.39 is 11.7 Å². The van der Waals surface area contributed by atoms with Crippen LogP contribution in [0.3, 0.4) is 0 Å². The summed E-state index contributed by atoms with van der Waals surface area (Å²) in [5.74, 6) is 0.325. The van der Waals surface area contributed by atoms with Crippen molar-refractivity contribution in [3.63, 3.8) is 0 Å². The van der Waals surface area contributed by atoms with Gasteiger partial charge in [-0.25, -0.2) is 0 Å². The van der Waals surface area contributed by atoms with Crippen LogP contribution in [0.2, 0.25) is 0 Å². The number of alkyl halides is 3. The molecule has 1 aromatic heterocycles. The number of halogens is 3. The van der Waals surface area contributed by atoms with E-state index in [4.69, 9.17) is 4.52 Å². The molecule has 3 rings (SSSR count). The van der Waals surface area contributed by atoms with E-state index in [0.717, 1.165) is 12.1 Å². The largest absolute Gasteiger partial charge is 0.416 e. The molecule has 0 N–H and O–H groups in total. The summed E-state index contributed by atoms with van der Waals surface area (Å²) in [6.45, 7) is 5.34. The highest BCUT2D eigenvalue weighted by atomic mass is 32.2. The van der Waals surface area contributed by atoms with Crippen LogP contribution in [0.4, 0.5) is 18.9 Å². The van der Waals surface area contributed by atoms with Gasteiger partial charge in [0.1, 0.15) is 5.76 Å². The molecule has 0 aliphatic carbocycles. The van der Waals surface area contributed by atoms with Gasteiger partial charge in [0.05, 0.1) is 28.7 Å². The topological polar surface area (TPSA) is 46.3 Å². The first kappa shape index (κ1) is 16.9. The number of carbonyl (C=O) groups is 1. The standard InChI is InChI=1S/C16H15F3N2O2S/c1-8-12(9(2)23-20-8)7-21-13-6-11(16(17,18)19)4-5-14(13)24-10(3)15(21)22/h4-6,10H,7H2,1-3H3. The van der Waals surface area contributed by atoms with Gasteiger partial charge in [-0.15, -0.1) is 11.8 Å². The highest BCUT2D eigenvalue weighted by molar-refractivity contribution is 8.00. The van der Waals surface area contributed by atoms with E-state index in [2.05, 4.69) is 5.16 Å². The van der Waals surface area contributed by atoms with Gasteiger partial charge >= 0.3 is 6.18 Å². The number of fused-ring (bicyclic) bond motifs is 1. The number of benzene rings is 1. The third kappa shape index (κ3) is 2.90. The summed E-state index contributed by atoms with van der Waals surface area (Å²) in [6.07, 6.45) is -4.46. The molecule has 0 bridgehead atoms. The van der Waals surface area contributed by atoms with Crippen molar-refractivity contribution in [2.24, 2.45) is 0 Å². The molecule has 0 saturated carbocycles. The lowest BCUT2D eigenvalue weighted by molar-refractivity contribution is -0.137. The van der Waals surface area contributed by atoms with Crippen LogP contribution < -0.4 is 4.90 Å². The zero-order valence-corrected chi connectivity index (χ0v) is 14.1. The van der Waals surface area contributed by atoms with Crippen LogP contribution in [0.15, 0.2) is 27.6 Å². The van der Waals surface area contributed by atoms with Crippen LogP contribution in [0.1, 0.15) is 29.5 Å². The average Bonchev–Trinajstić information content (AvgIpc) is 2.82. The minimum Gasteiger partial charge on any atom is -0.361 e. The monoisotopic (exact) mass is 356 g/mol. The van der Waals surface area contributed by atoms with E-state index in [1.165, 1.54) is 22.7 Å². The van der Waals surface area contributed by atoms with Crippen molar-refractivity contribution < 1.29 is 22.5 Å². The number of aryl methyl sites for hydroxylation is 2. The number of thioether (sulfide) groups is 1. The molecule has 0 spiro atoms. The number of carbonyl (C=O) groups excluding carboxylic acids is 1. The van der Waals surface area contributed by atoms with Crippen molar-refractivity contribution in [3.05, 3.63) is 40.8 Å². The van der Waals surface area contributed by atoms with Gasteiger partial charge in [0.15, 0.2) is 0 Å². The molecule has 1 atom stereocenters. The summed E-state index contributed by atoms with van der Waals surface area (Å²) >= 11 is 1.27. The van der Waals surface area contributed by atoms with Crippen molar-refractivity contribution in [1.29, 1.82) is 0 Å². The Morgan fingerprint density at radius 1 is 1.33 bits per heavy atom. The Balaban J connectivity index is 2.07. The van der Waals surface area contributed by atoms with Gasteiger partial charge in [-0.2, -0.15) is 13.2 Å². The molecule has 128 valence electrons. The van der Waals surface area contributed by atoms with Gasteiger partial charge in [-0.1, -0.05) is 5.16 Å². The fraction of sp³-hybridized carbons (Fsp3) is 0.375. The fourth-order valence-corrected chi connectivity index (χ4v) is 3.68. The number of anilines is 1. The highest BCUT2D eigenvalue weighted by Crippen LogP contribution is 2.43. The third-order valence-electron chi connectivity index (χ3n) is 3.99. The summed E-state index contributed by atoms with van der Waals surface area (Å²) in [6, 6.07) is 3.50. The lowest BCUT2D eigenvalue weighted by Crippen LogP contribution is -2.39. The Kier molecular flexibility index (Phi) is 4.11. The Morgan fingerprint density at radius 2 is 2.04 bits per heavy atom. The lowest BCUT2D eigenvalue weighted by atomic mass is 10.1. The third-order valence-corrected chi connectivity index (χ3v) is 5.15. The zero-order valence-electron chi connectivity index (χ0n) is 13.3. The number of aromatic nitrogens is 1. The van der Waals surface area contributed by atoms with Gasteiger partial charge in [0.25, 0.3) is 0 Å². The summed E-state index contributed by atoms with van der Waals surface area (Å²) in [4.78, 5) is 14.6. The molecule has 0 saturated heterocycles. The van der Waals surface area contributed by atoms with Gasteiger partial charge in [-0.3, -0.25) is 4.79 Å². The number of hydrogen-bond acceptors (Lipinski definition) is 4. The number of rotatable bonds is 2. The molecule has 2 heterocycles. The maximum Gasteiger partial charge on any atom is 0.416 e. The molecule has 8 heteroatoms. The molecule has 1 amide bonds. The molecule has 24 heavy (non-hydrogen) atoms. The first-order valence-electron chi connectivity index (χ1n) is 7.29. The minimum absolute atomic E-state index is 0.138. The molecule has 1 aromatic carbocycles. The van der Waals surface area contributed by atoms with Gasteiger partial charge in [0, 0.05) is 10.5 Å². The van der Waals surface area contributed by atoms with Crippen molar-refractivity contribution >= 4 is 23.4 Å². The predicted octanol–water partition coefficient (Wildman–Crippen LogP) is 4.34. The predicted molar refractivity (Wildman–Crippen MR) is 83.9 cm³/mol. The fourth-order valence-electron chi connectivity index (χ4n) is 2.63.